The number of nitrogens with one attached hydrogen (secondary N) is 1. The van der Waals surface area contributed by atoms with Crippen molar-refractivity contribution < 1.29 is 0 Å². The zero-order valence-electron chi connectivity index (χ0n) is 7.93. The molecule has 0 amide bonds. The Labute approximate surface area is 69.9 Å². The Morgan fingerprint density at radius 1 is 1.36 bits per heavy atom. The average Bonchev–Trinajstić information content (AvgIpc) is 1.97. The van der Waals surface area contributed by atoms with Gasteiger partial charge in [-0.1, -0.05) is 0 Å². The van der Waals surface area contributed by atoms with Gasteiger partial charge in [-0.3, -0.25) is 0 Å². The maximum Gasteiger partial charge on any atom is 0.00882 e. The number of hydrogen-bond acceptors (Lipinski definition) is 3. The maximum absolute atomic E-state index is 5.46. The molecule has 0 fully saturated rings. The summed E-state index contributed by atoms with van der Waals surface area (Å²) in [4.78, 5) is 2.20. The summed E-state index contributed by atoms with van der Waals surface area (Å²) in [5.41, 5.74) is 5.46. The molecule has 3 N–H and O–H groups in total. The predicted molar refractivity (Wildman–Crippen MR) is 49.7 cm³/mol. The van der Waals surface area contributed by atoms with Gasteiger partial charge in [0.1, 0.15) is 0 Å². The van der Waals surface area contributed by atoms with Gasteiger partial charge < -0.3 is 16.0 Å². The second-order valence-electron chi connectivity index (χ2n) is 3.15. The van der Waals surface area contributed by atoms with Crippen LogP contribution in [0.1, 0.15) is 12.8 Å². The monoisotopic (exact) mass is 159 g/mol. The first-order valence-electron chi connectivity index (χ1n) is 4.22. The molecule has 3 nitrogen and oxygen atoms in total. The molecule has 68 valence electrons. The molecule has 0 aliphatic carbocycles. The van der Waals surface area contributed by atoms with Crippen molar-refractivity contribution >= 4 is 0 Å². The van der Waals surface area contributed by atoms with E-state index in [2.05, 4.69) is 24.3 Å². The predicted octanol–water partition coefficient (Wildman–Crippen LogP) is -0.125. The third-order valence-corrected chi connectivity index (χ3v) is 1.85. The van der Waals surface area contributed by atoms with Gasteiger partial charge in [-0.25, -0.2) is 0 Å². The fourth-order valence-electron chi connectivity index (χ4n) is 1.05. The SMILES string of the molecule is CNC(CCN)CCN(C)C. The van der Waals surface area contributed by atoms with Crippen molar-refractivity contribution in [3.63, 3.8) is 0 Å². The van der Waals surface area contributed by atoms with Crippen LogP contribution in [0, 0.1) is 0 Å². The minimum absolute atomic E-state index is 0.586. The van der Waals surface area contributed by atoms with Gasteiger partial charge in [0.25, 0.3) is 0 Å². The minimum Gasteiger partial charge on any atom is -0.330 e. The van der Waals surface area contributed by atoms with Gasteiger partial charge in [0.2, 0.25) is 0 Å². The van der Waals surface area contributed by atoms with Gasteiger partial charge in [-0.2, -0.15) is 0 Å². The van der Waals surface area contributed by atoms with Gasteiger partial charge in [0.05, 0.1) is 0 Å². The Morgan fingerprint density at radius 2 is 2.00 bits per heavy atom. The first-order chi connectivity index (χ1) is 5.20. The molecule has 0 aliphatic rings. The zero-order chi connectivity index (χ0) is 8.69. The highest BCUT2D eigenvalue weighted by Crippen LogP contribution is 1.96. The van der Waals surface area contributed by atoms with Crippen LogP contribution >= 0.6 is 0 Å². The van der Waals surface area contributed by atoms with Crippen LogP contribution in [0.4, 0.5) is 0 Å². The molecule has 3 heteroatoms. The smallest absolute Gasteiger partial charge is 0.00882 e. The molecule has 0 rings (SSSR count). The van der Waals surface area contributed by atoms with Gasteiger partial charge in [-0.05, 0) is 47.1 Å². The van der Waals surface area contributed by atoms with E-state index < -0.39 is 0 Å². The molecular weight excluding hydrogens is 138 g/mol. The summed E-state index contributed by atoms with van der Waals surface area (Å²) in [6, 6.07) is 0.586. The van der Waals surface area contributed by atoms with E-state index in [4.69, 9.17) is 5.73 Å². The Kier molecular flexibility index (Phi) is 6.51. The third kappa shape index (κ3) is 6.28. The van der Waals surface area contributed by atoms with Crippen LogP contribution in [0.5, 0.6) is 0 Å². The van der Waals surface area contributed by atoms with Crippen LogP contribution in [0.25, 0.3) is 0 Å². The summed E-state index contributed by atoms with van der Waals surface area (Å²) in [5, 5.41) is 3.25. The molecule has 0 heterocycles. The van der Waals surface area contributed by atoms with Crippen molar-refractivity contribution in [1.29, 1.82) is 0 Å². The van der Waals surface area contributed by atoms with Crippen LogP contribution in [-0.4, -0.2) is 45.2 Å². The molecule has 1 unspecified atom stereocenters. The van der Waals surface area contributed by atoms with Crippen LogP contribution < -0.4 is 11.1 Å². The molecule has 11 heavy (non-hydrogen) atoms. The zero-order valence-corrected chi connectivity index (χ0v) is 7.93. The maximum atomic E-state index is 5.46. The van der Waals surface area contributed by atoms with Crippen molar-refractivity contribution in [3.8, 4) is 0 Å². The first-order valence-corrected chi connectivity index (χ1v) is 4.22. The van der Waals surface area contributed by atoms with Gasteiger partial charge in [0.15, 0.2) is 0 Å². The molecular formula is C8H21N3. The summed E-state index contributed by atoms with van der Waals surface area (Å²) < 4.78 is 0. The molecule has 0 aromatic heterocycles. The van der Waals surface area contributed by atoms with Crippen molar-refractivity contribution in [2.24, 2.45) is 5.73 Å². The molecule has 1 atom stereocenters. The number of rotatable bonds is 6. The normalized spacial score (nSPS) is 13.9. The van der Waals surface area contributed by atoms with E-state index in [0.29, 0.717) is 6.04 Å². The number of hydrogen-bond donors (Lipinski definition) is 2. The Balaban J connectivity index is 3.35. The molecule has 0 bridgehead atoms. The van der Waals surface area contributed by atoms with Crippen molar-refractivity contribution in [2.45, 2.75) is 18.9 Å². The standard InChI is InChI=1S/C8H21N3/c1-10-8(4-6-9)5-7-11(2)3/h8,10H,4-7,9H2,1-3H3. The van der Waals surface area contributed by atoms with Gasteiger partial charge in [0, 0.05) is 6.04 Å². The van der Waals surface area contributed by atoms with E-state index in [0.717, 1.165) is 19.5 Å². The van der Waals surface area contributed by atoms with Crippen LogP contribution in [0.2, 0.25) is 0 Å². The Morgan fingerprint density at radius 3 is 2.36 bits per heavy atom. The summed E-state index contributed by atoms with van der Waals surface area (Å²) in [6.45, 7) is 1.91. The second kappa shape index (κ2) is 6.58. The molecule has 0 aromatic carbocycles. The molecule has 0 aromatic rings. The highest BCUT2D eigenvalue weighted by molar-refractivity contribution is 4.65. The quantitative estimate of drug-likeness (QED) is 0.567. The minimum atomic E-state index is 0.586. The van der Waals surface area contributed by atoms with E-state index in [1.54, 1.807) is 0 Å². The molecule has 0 saturated carbocycles. The molecule has 0 radical (unpaired) electrons. The van der Waals surface area contributed by atoms with E-state index in [-0.39, 0.29) is 0 Å². The summed E-state index contributed by atoms with van der Waals surface area (Å²) in [5.74, 6) is 0. The highest BCUT2D eigenvalue weighted by Gasteiger charge is 2.03. The lowest BCUT2D eigenvalue weighted by Gasteiger charge is -2.17. The summed E-state index contributed by atoms with van der Waals surface area (Å²) in [6.07, 6.45) is 2.26. The molecule has 0 aliphatic heterocycles. The topological polar surface area (TPSA) is 41.3 Å². The van der Waals surface area contributed by atoms with E-state index in [1.807, 2.05) is 7.05 Å². The van der Waals surface area contributed by atoms with Crippen LogP contribution in [0.3, 0.4) is 0 Å². The molecule has 0 spiro atoms. The van der Waals surface area contributed by atoms with Crippen molar-refractivity contribution in [3.05, 3.63) is 0 Å². The largest absolute Gasteiger partial charge is 0.330 e. The summed E-state index contributed by atoms with van der Waals surface area (Å²) >= 11 is 0. The van der Waals surface area contributed by atoms with E-state index in [1.165, 1.54) is 6.42 Å². The van der Waals surface area contributed by atoms with Crippen molar-refractivity contribution in [1.82, 2.24) is 10.2 Å². The fraction of sp³-hybridized carbons (Fsp3) is 1.00. The van der Waals surface area contributed by atoms with Gasteiger partial charge >= 0.3 is 0 Å². The van der Waals surface area contributed by atoms with E-state index in [9.17, 15) is 0 Å². The third-order valence-electron chi connectivity index (χ3n) is 1.85. The molecule has 0 saturated heterocycles. The van der Waals surface area contributed by atoms with E-state index >= 15 is 0 Å². The highest BCUT2D eigenvalue weighted by atomic mass is 15.1. The number of nitrogens with two attached hydrogens (primary N) is 1. The Hall–Kier alpha value is -0.120. The van der Waals surface area contributed by atoms with Crippen LogP contribution in [0.15, 0.2) is 0 Å². The Bertz CT molecular complexity index is 83.4. The average molecular weight is 159 g/mol. The summed E-state index contributed by atoms with van der Waals surface area (Å²) in [7, 11) is 6.18. The second-order valence-corrected chi connectivity index (χ2v) is 3.15. The first kappa shape index (κ1) is 10.9. The fourth-order valence-corrected chi connectivity index (χ4v) is 1.05. The van der Waals surface area contributed by atoms with Crippen molar-refractivity contribution in [2.75, 3.05) is 34.2 Å². The lowest BCUT2D eigenvalue weighted by molar-refractivity contribution is 0.359. The van der Waals surface area contributed by atoms with Crippen LogP contribution in [-0.2, 0) is 0 Å². The van der Waals surface area contributed by atoms with Gasteiger partial charge in [-0.15, -0.1) is 0 Å². The lowest BCUT2D eigenvalue weighted by atomic mass is 10.1. The number of nitrogens with zero attached hydrogens (tertiary/aromatic N) is 1. The lowest BCUT2D eigenvalue weighted by Crippen LogP contribution is -2.31.